The van der Waals surface area contributed by atoms with Gasteiger partial charge < -0.3 is 18.1 Å². The van der Waals surface area contributed by atoms with E-state index >= 15 is 0 Å². The number of fused-ring (bicyclic) bond motifs is 14. The number of hydrogen-bond acceptors (Lipinski definition) is 3. The van der Waals surface area contributed by atoms with Crippen LogP contribution in [0.4, 0.5) is 0 Å². The van der Waals surface area contributed by atoms with Crippen molar-refractivity contribution in [1.29, 1.82) is 0 Å². The molecule has 0 amide bonds. The van der Waals surface area contributed by atoms with Crippen molar-refractivity contribution in [3.05, 3.63) is 164 Å². The molecule has 0 saturated carbocycles. The van der Waals surface area contributed by atoms with Crippen LogP contribution in [0.3, 0.4) is 0 Å². The molecule has 0 atom stereocenters. The van der Waals surface area contributed by atoms with E-state index in [0.717, 1.165) is 93.9 Å². The summed E-state index contributed by atoms with van der Waals surface area (Å²) in [5.74, 6) is 0. The molecular formula is C46H27N5O. The summed E-state index contributed by atoms with van der Waals surface area (Å²) in [7, 11) is 0. The predicted molar refractivity (Wildman–Crippen MR) is 212 cm³/mol. The largest absolute Gasteiger partial charge is 0.456 e. The normalized spacial score (nSPS) is 12.2. The SMILES string of the molecule is c1ccc(-n2c3cccnc3c3c2ccc2c4ccc5c(c6ncccc6n5-c5ccc6oc7ccccc7c6c5)c4n(-c4ccccc4)c23)cc1. The van der Waals surface area contributed by atoms with Crippen molar-refractivity contribution in [3.8, 4) is 17.1 Å². The van der Waals surface area contributed by atoms with Crippen LogP contribution in [0.15, 0.2) is 168 Å². The minimum absolute atomic E-state index is 0.878. The lowest BCUT2D eigenvalue weighted by Crippen LogP contribution is -1.96. The van der Waals surface area contributed by atoms with E-state index < -0.39 is 0 Å². The van der Waals surface area contributed by atoms with E-state index in [1.807, 2.05) is 36.7 Å². The maximum Gasteiger partial charge on any atom is 0.135 e. The standard InChI is InChI=1S/C46H27N5O/c1-3-11-28(12-4-1)49-35-22-20-32-33-21-23-36-42(46(33)51(29-13-5-2-6-14-29)45(32)41(35)43-37(49)16-9-25-47-43)44-38(17-10-26-48-44)50(36)30-19-24-40-34(27-30)31-15-7-8-18-39(31)52-40/h1-27H. The van der Waals surface area contributed by atoms with Crippen molar-refractivity contribution in [1.82, 2.24) is 23.7 Å². The van der Waals surface area contributed by atoms with Gasteiger partial charge in [-0.1, -0.05) is 66.7 Å². The lowest BCUT2D eigenvalue weighted by atomic mass is 10.1. The lowest BCUT2D eigenvalue weighted by molar-refractivity contribution is 0.669. The van der Waals surface area contributed by atoms with Crippen LogP contribution in [0.1, 0.15) is 0 Å². The van der Waals surface area contributed by atoms with E-state index in [1.54, 1.807) is 0 Å². The van der Waals surface area contributed by atoms with Crippen molar-refractivity contribution in [2.24, 2.45) is 0 Å². The topological polar surface area (TPSA) is 53.7 Å². The molecule has 0 aliphatic heterocycles. The van der Waals surface area contributed by atoms with E-state index in [1.165, 1.54) is 10.8 Å². The predicted octanol–water partition coefficient (Wildman–Crippen LogP) is 11.7. The third-order valence-electron chi connectivity index (χ3n) is 10.7. The molecule has 0 bridgehead atoms. The first-order chi connectivity index (χ1) is 25.8. The van der Waals surface area contributed by atoms with E-state index in [0.29, 0.717) is 0 Å². The van der Waals surface area contributed by atoms with Crippen LogP contribution < -0.4 is 0 Å². The Morgan fingerprint density at radius 2 is 0.904 bits per heavy atom. The lowest BCUT2D eigenvalue weighted by Gasteiger charge is -2.11. The van der Waals surface area contributed by atoms with E-state index in [4.69, 9.17) is 14.4 Å². The molecular weight excluding hydrogens is 639 g/mol. The van der Waals surface area contributed by atoms with Crippen LogP contribution in [-0.2, 0) is 0 Å². The summed E-state index contributed by atoms with van der Waals surface area (Å²) in [5, 5.41) is 6.78. The molecule has 0 aliphatic carbocycles. The van der Waals surface area contributed by atoms with Gasteiger partial charge in [0.1, 0.15) is 11.2 Å². The molecule has 0 fully saturated rings. The monoisotopic (exact) mass is 665 g/mol. The second-order valence-electron chi connectivity index (χ2n) is 13.4. The molecule has 0 spiro atoms. The van der Waals surface area contributed by atoms with Gasteiger partial charge in [0.15, 0.2) is 0 Å². The molecule has 12 rings (SSSR count). The highest BCUT2D eigenvalue weighted by molar-refractivity contribution is 6.30. The zero-order valence-corrected chi connectivity index (χ0v) is 27.7. The Morgan fingerprint density at radius 1 is 0.365 bits per heavy atom. The number of para-hydroxylation sites is 3. The number of nitrogens with zero attached hydrogens (tertiary/aromatic N) is 5. The molecule has 6 heteroatoms. The number of aromatic nitrogens is 5. The second kappa shape index (κ2) is 10.2. The van der Waals surface area contributed by atoms with Crippen LogP contribution >= 0.6 is 0 Å². The fourth-order valence-corrected chi connectivity index (χ4v) is 8.63. The number of hydrogen-bond donors (Lipinski definition) is 0. The summed E-state index contributed by atoms with van der Waals surface area (Å²) in [6.07, 6.45) is 3.81. The van der Waals surface area contributed by atoms with Gasteiger partial charge in [0.25, 0.3) is 0 Å². The van der Waals surface area contributed by atoms with Crippen LogP contribution in [0.25, 0.3) is 105 Å². The average molecular weight is 666 g/mol. The molecule has 12 aromatic rings. The maximum absolute atomic E-state index is 6.22. The number of benzene rings is 6. The third-order valence-corrected chi connectivity index (χ3v) is 10.7. The van der Waals surface area contributed by atoms with E-state index in [9.17, 15) is 0 Å². The van der Waals surface area contributed by atoms with Crippen molar-refractivity contribution >= 4 is 87.6 Å². The summed E-state index contributed by atoms with van der Waals surface area (Å²) < 4.78 is 13.4. The van der Waals surface area contributed by atoms with Gasteiger partial charge in [0, 0.05) is 51.0 Å². The minimum Gasteiger partial charge on any atom is -0.456 e. The smallest absolute Gasteiger partial charge is 0.135 e. The first-order valence-corrected chi connectivity index (χ1v) is 17.5. The summed E-state index contributed by atoms with van der Waals surface area (Å²) in [5.41, 5.74) is 13.5. The van der Waals surface area contributed by atoms with Gasteiger partial charge in [-0.3, -0.25) is 9.97 Å². The minimum atomic E-state index is 0.878. The molecule has 242 valence electrons. The highest BCUT2D eigenvalue weighted by atomic mass is 16.3. The Balaban J connectivity index is 1.28. The molecule has 0 radical (unpaired) electrons. The fourth-order valence-electron chi connectivity index (χ4n) is 8.63. The number of pyridine rings is 2. The first kappa shape index (κ1) is 27.6. The molecule has 6 aromatic carbocycles. The number of rotatable bonds is 3. The Bertz CT molecular complexity index is 3400. The Hall–Kier alpha value is -7.18. The van der Waals surface area contributed by atoms with Crippen LogP contribution in [-0.4, -0.2) is 23.7 Å². The highest BCUT2D eigenvalue weighted by Crippen LogP contribution is 2.45. The Kier molecular flexibility index (Phi) is 5.41. The van der Waals surface area contributed by atoms with Gasteiger partial charge in [-0.2, -0.15) is 0 Å². The fraction of sp³-hybridized carbons (Fsp3) is 0. The zero-order chi connectivity index (χ0) is 33.9. The van der Waals surface area contributed by atoms with Crippen molar-refractivity contribution in [3.63, 3.8) is 0 Å². The van der Waals surface area contributed by atoms with Gasteiger partial charge in [-0.15, -0.1) is 0 Å². The molecule has 0 aliphatic rings. The van der Waals surface area contributed by atoms with Crippen LogP contribution in [0, 0.1) is 0 Å². The van der Waals surface area contributed by atoms with E-state index in [2.05, 4.69) is 141 Å². The second-order valence-corrected chi connectivity index (χ2v) is 13.4. The zero-order valence-electron chi connectivity index (χ0n) is 27.7. The summed E-state index contributed by atoms with van der Waals surface area (Å²) in [6.45, 7) is 0. The Morgan fingerprint density at radius 3 is 1.54 bits per heavy atom. The molecule has 6 nitrogen and oxygen atoms in total. The third kappa shape index (κ3) is 3.57. The highest BCUT2D eigenvalue weighted by Gasteiger charge is 2.25. The van der Waals surface area contributed by atoms with Gasteiger partial charge in [-0.25, -0.2) is 0 Å². The maximum atomic E-state index is 6.22. The summed E-state index contributed by atoms with van der Waals surface area (Å²) in [4.78, 5) is 10.2. The quantitative estimate of drug-likeness (QED) is 0.189. The summed E-state index contributed by atoms with van der Waals surface area (Å²) >= 11 is 0. The van der Waals surface area contributed by atoms with Crippen molar-refractivity contribution in [2.75, 3.05) is 0 Å². The molecule has 52 heavy (non-hydrogen) atoms. The molecule has 0 unspecified atom stereocenters. The van der Waals surface area contributed by atoms with Crippen LogP contribution in [0.5, 0.6) is 0 Å². The van der Waals surface area contributed by atoms with Crippen LogP contribution in [0.2, 0.25) is 0 Å². The van der Waals surface area contributed by atoms with Gasteiger partial charge in [0.05, 0.1) is 54.9 Å². The van der Waals surface area contributed by atoms with E-state index in [-0.39, 0.29) is 0 Å². The summed E-state index contributed by atoms with van der Waals surface area (Å²) in [6, 6.07) is 53.5. The van der Waals surface area contributed by atoms with Gasteiger partial charge >= 0.3 is 0 Å². The van der Waals surface area contributed by atoms with Gasteiger partial charge in [-0.05, 0) is 84.9 Å². The average Bonchev–Trinajstić information content (AvgIpc) is 3.94. The molecule has 6 aromatic heterocycles. The molecule has 0 saturated heterocycles. The first-order valence-electron chi connectivity index (χ1n) is 17.5. The van der Waals surface area contributed by atoms with Crippen molar-refractivity contribution < 1.29 is 4.42 Å². The van der Waals surface area contributed by atoms with Gasteiger partial charge in [0.2, 0.25) is 0 Å². The van der Waals surface area contributed by atoms with Crippen molar-refractivity contribution in [2.45, 2.75) is 0 Å². The molecule has 0 N–H and O–H groups in total. The number of furan rings is 1. The molecule has 6 heterocycles. The Labute approximate surface area is 296 Å².